The number of rotatable bonds is 5. The Bertz CT molecular complexity index is 496. The predicted octanol–water partition coefficient (Wildman–Crippen LogP) is 1.70. The lowest BCUT2D eigenvalue weighted by molar-refractivity contribution is 0.0145. The number of anilines is 1. The number of nitrogen functional groups attached to an aromatic ring is 1. The molecule has 110 valence electrons. The molecule has 1 aromatic rings. The van der Waals surface area contributed by atoms with Crippen LogP contribution in [0.3, 0.4) is 0 Å². The molecule has 0 saturated heterocycles. The van der Waals surface area contributed by atoms with Crippen LogP contribution in [-0.4, -0.2) is 40.3 Å². The van der Waals surface area contributed by atoms with Gasteiger partial charge in [-0.05, 0) is 31.5 Å². The van der Waals surface area contributed by atoms with Crippen LogP contribution >= 0.6 is 0 Å². The molecular formula is C15H22N2O3. The van der Waals surface area contributed by atoms with Crippen molar-refractivity contribution in [2.24, 2.45) is 0 Å². The average molecular weight is 278 g/mol. The number of likely N-dealkylation sites (N-methyl/N-ethyl adjacent to an activating group) is 1. The number of nitrogens with zero attached hydrogens (tertiary/aromatic N) is 1. The molecule has 0 spiro atoms. The third kappa shape index (κ3) is 3.29. The first-order valence-corrected chi connectivity index (χ1v) is 6.93. The number of hydrogen-bond acceptors (Lipinski definition) is 4. The Morgan fingerprint density at radius 3 is 2.65 bits per heavy atom. The summed E-state index contributed by atoms with van der Waals surface area (Å²) in [7, 11) is 1.89. The van der Waals surface area contributed by atoms with Gasteiger partial charge in [0, 0.05) is 18.8 Å². The normalized spacial score (nSPS) is 17.6. The summed E-state index contributed by atoms with van der Waals surface area (Å²) >= 11 is 0. The molecule has 1 aromatic carbocycles. The molecular weight excluding hydrogens is 256 g/mol. The monoisotopic (exact) mass is 278 g/mol. The van der Waals surface area contributed by atoms with E-state index in [0.29, 0.717) is 18.7 Å². The molecule has 0 unspecified atom stereocenters. The van der Waals surface area contributed by atoms with Crippen LogP contribution in [0.2, 0.25) is 0 Å². The van der Waals surface area contributed by atoms with Crippen molar-refractivity contribution in [3.8, 4) is 0 Å². The van der Waals surface area contributed by atoms with E-state index in [0.717, 1.165) is 25.7 Å². The van der Waals surface area contributed by atoms with Crippen LogP contribution in [0.15, 0.2) is 18.2 Å². The Morgan fingerprint density at radius 2 is 2.05 bits per heavy atom. The summed E-state index contributed by atoms with van der Waals surface area (Å²) in [5, 5.41) is 19.6. The minimum atomic E-state index is -1.01. The smallest absolute Gasteiger partial charge is 0.338 e. The average Bonchev–Trinajstić information content (AvgIpc) is 2.74. The van der Waals surface area contributed by atoms with E-state index in [-0.39, 0.29) is 11.3 Å². The van der Waals surface area contributed by atoms with Crippen LogP contribution < -0.4 is 5.73 Å². The summed E-state index contributed by atoms with van der Waals surface area (Å²) in [5.41, 5.74) is 6.24. The van der Waals surface area contributed by atoms with E-state index >= 15 is 0 Å². The molecule has 5 heteroatoms. The molecule has 0 heterocycles. The summed E-state index contributed by atoms with van der Waals surface area (Å²) < 4.78 is 0. The number of benzene rings is 1. The van der Waals surface area contributed by atoms with Crippen LogP contribution in [0.5, 0.6) is 0 Å². The van der Waals surface area contributed by atoms with Crippen molar-refractivity contribution in [2.45, 2.75) is 37.8 Å². The highest BCUT2D eigenvalue weighted by molar-refractivity contribution is 5.95. The fourth-order valence-corrected chi connectivity index (χ4v) is 3.05. The highest BCUT2D eigenvalue weighted by Crippen LogP contribution is 2.30. The van der Waals surface area contributed by atoms with Crippen molar-refractivity contribution >= 4 is 11.7 Å². The van der Waals surface area contributed by atoms with Gasteiger partial charge in [0.1, 0.15) is 0 Å². The number of aliphatic hydroxyl groups is 1. The van der Waals surface area contributed by atoms with Crippen molar-refractivity contribution in [3.05, 3.63) is 29.3 Å². The van der Waals surface area contributed by atoms with E-state index in [4.69, 9.17) is 5.73 Å². The van der Waals surface area contributed by atoms with Crippen molar-refractivity contribution < 1.29 is 15.0 Å². The minimum Gasteiger partial charge on any atom is -0.478 e. The van der Waals surface area contributed by atoms with Gasteiger partial charge < -0.3 is 15.9 Å². The maximum Gasteiger partial charge on any atom is 0.338 e. The molecule has 5 nitrogen and oxygen atoms in total. The first kappa shape index (κ1) is 14.8. The van der Waals surface area contributed by atoms with Crippen LogP contribution in [0, 0.1) is 0 Å². The van der Waals surface area contributed by atoms with Crippen LogP contribution in [0.1, 0.15) is 41.6 Å². The molecule has 1 fully saturated rings. The van der Waals surface area contributed by atoms with E-state index in [1.54, 1.807) is 18.2 Å². The Labute approximate surface area is 119 Å². The molecule has 0 aromatic heterocycles. The zero-order valence-corrected chi connectivity index (χ0v) is 11.8. The quantitative estimate of drug-likeness (QED) is 0.714. The second-order valence-corrected chi connectivity index (χ2v) is 5.79. The van der Waals surface area contributed by atoms with Crippen molar-refractivity contribution in [1.82, 2.24) is 4.90 Å². The molecule has 2 rings (SSSR count). The molecule has 1 aliphatic carbocycles. The topological polar surface area (TPSA) is 86.8 Å². The third-order valence-corrected chi connectivity index (χ3v) is 3.94. The van der Waals surface area contributed by atoms with E-state index in [1.165, 1.54) is 0 Å². The summed E-state index contributed by atoms with van der Waals surface area (Å²) in [4.78, 5) is 13.2. The highest BCUT2D eigenvalue weighted by atomic mass is 16.4. The van der Waals surface area contributed by atoms with Gasteiger partial charge in [0.25, 0.3) is 0 Å². The molecule has 0 amide bonds. The first-order chi connectivity index (χ1) is 9.41. The first-order valence-electron chi connectivity index (χ1n) is 6.93. The highest BCUT2D eigenvalue weighted by Gasteiger charge is 2.32. The van der Waals surface area contributed by atoms with Gasteiger partial charge >= 0.3 is 5.97 Å². The number of carboxylic acids is 1. The van der Waals surface area contributed by atoms with Gasteiger partial charge in [0.05, 0.1) is 11.2 Å². The molecule has 0 aliphatic heterocycles. The zero-order valence-electron chi connectivity index (χ0n) is 11.8. The molecule has 4 N–H and O–H groups in total. The molecule has 20 heavy (non-hydrogen) atoms. The Hall–Kier alpha value is -1.59. The molecule has 1 aliphatic rings. The number of carboxylic acid groups (broad SMARTS) is 1. The molecule has 0 radical (unpaired) electrons. The summed E-state index contributed by atoms with van der Waals surface area (Å²) in [6.45, 7) is 1.02. The number of hydrogen-bond donors (Lipinski definition) is 3. The minimum absolute atomic E-state index is 0.165. The summed E-state index contributed by atoms with van der Waals surface area (Å²) in [5.74, 6) is -1.01. The lowest BCUT2D eigenvalue weighted by Crippen LogP contribution is -2.39. The van der Waals surface area contributed by atoms with Crippen LogP contribution in [-0.2, 0) is 6.54 Å². The fraction of sp³-hybridized carbons (Fsp3) is 0.533. The molecule has 0 atom stereocenters. The molecule has 1 saturated carbocycles. The van der Waals surface area contributed by atoms with Crippen molar-refractivity contribution in [2.75, 3.05) is 19.3 Å². The SMILES string of the molecule is CN(Cc1cccc(N)c1C(=O)O)CC1(O)CCCC1. The van der Waals surface area contributed by atoms with Crippen molar-refractivity contribution in [3.63, 3.8) is 0 Å². The van der Waals surface area contributed by atoms with E-state index in [9.17, 15) is 15.0 Å². The zero-order chi connectivity index (χ0) is 14.8. The van der Waals surface area contributed by atoms with Crippen molar-refractivity contribution in [1.29, 1.82) is 0 Å². The van der Waals surface area contributed by atoms with Gasteiger partial charge in [-0.1, -0.05) is 25.0 Å². The third-order valence-electron chi connectivity index (χ3n) is 3.94. The maximum atomic E-state index is 11.3. The standard InChI is InChI=1S/C15H22N2O3/c1-17(10-15(20)7-2-3-8-15)9-11-5-4-6-12(16)13(11)14(18)19/h4-6,20H,2-3,7-10,16H2,1H3,(H,18,19). The van der Waals surface area contributed by atoms with E-state index < -0.39 is 11.6 Å². The van der Waals surface area contributed by atoms with Crippen LogP contribution in [0.4, 0.5) is 5.69 Å². The van der Waals surface area contributed by atoms with Gasteiger partial charge in [-0.15, -0.1) is 0 Å². The summed E-state index contributed by atoms with van der Waals surface area (Å²) in [6, 6.07) is 5.13. The van der Waals surface area contributed by atoms with E-state index in [2.05, 4.69) is 0 Å². The second kappa shape index (κ2) is 5.81. The number of carbonyl (C=O) groups is 1. The van der Waals surface area contributed by atoms with Gasteiger partial charge in [-0.2, -0.15) is 0 Å². The van der Waals surface area contributed by atoms with Gasteiger partial charge in [-0.3, -0.25) is 4.90 Å². The fourth-order valence-electron chi connectivity index (χ4n) is 3.05. The Balaban J connectivity index is 2.10. The Kier molecular flexibility index (Phi) is 4.30. The lowest BCUT2D eigenvalue weighted by Gasteiger charge is -2.29. The number of nitrogens with two attached hydrogens (primary N) is 1. The predicted molar refractivity (Wildman–Crippen MR) is 77.6 cm³/mol. The van der Waals surface area contributed by atoms with Gasteiger partial charge in [0.2, 0.25) is 0 Å². The number of aromatic carboxylic acids is 1. The largest absolute Gasteiger partial charge is 0.478 e. The second-order valence-electron chi connectivity index (χ2n) is 5.79. The lowest BCUT2D eigenvalue weighted by atomic mass is 10.0. The summed E-state index contributed by atoms with van der Waals surface area (Å²) in [6.07, 6.45) is 3.76. The van der Waals surface area contributed by atoms with Gasteiger partial charge in [0.15, 0.2) is 0 Å². The maximum absolute atomic E-state index is 11.3. The van der Waals surface area contributed by atoms with E-state index in [1.807, 2.05) is 11.9 Å². The molecule has 0 bridgehead atoms. The Morgan fingerprint density at radius 1 is 1.40 bits per heavy atom. The van der Waals surface area contributed by atoms with Gasteiger partial charge in [-0.25, -0.2) is 4.79 Å². The van der Waals surface area contributed by atoms with Crippen LogP contribution in [0.25, 0.3) is 0 Å².